The van der Waals surface area contributed by atoms with Gasteiger partial charge in [-0.15, -0.1) is 0 Å². The highest BCUT2D eigenvalue weighted by Gasteiger charge is 2.46. The van der Waals surface area contributed by atoms with Crippen molar-refractivity contribution in [2.45, 2.75) is 36.8 Å². The first-order valence-electron chi connectivity index (χ1n) is 12.8. The minimum absolute atomic E-state index is 0.0312. The molecule has 0 aromatic heterocycles. The van der Waals surface area contributed by atoms with E-state index in [-0.39, 0.29) is 51.5 Å². The molecule has 0 spiro atoms. The number of aromatic hydroxyl groups is 8. The molecule has 12 nitrogen and oxygen atoms in total. The second-order valence-electron chi connectivity index (χ2n) is 10.3. The number of benzene rings is 4. The maximum Gasteiger partial charge on any atom is 0.157 e. The van der Waals surface area contributed by atoms with Crippen molar-refractivity contribution in [3.05, 3.63) is 82.4 Å². The van der Waals surface area contributed by atoms with Gasteiger partial charge in [0.1, 0.15) is 46.7 Å². The van der Waals surface area contributed by atoms with E-state index in [4.69, 9.17) is 9.47 Å². The Morgan fingerprint density at radius 2 is 1.14 bits per heavy atom. The van der Waals surface area contributed by atoms with Gasteiger partial charge in [0, 0.05) is 41.3 Å². The predicted octanol–water partition coefficient (Wildman–Crippen LogP) is 3.00. The molecule has 0 saturated heterocycles. The van der Waals surface area contributed by atoms with Gasteiger partial charge in [0.25, 0.3) is 0 Å². The monoisotopic (exact) mass is 578 g/mol. The molecule has 2 aliphatic rings. The Hall–Kier alpha value is -5.20. The Labute approximate surface area is 237 Å². The van der Waals surface area contributed by atoms with Gasteiger partial charge in [0.2, 0.25) is 0 Å². The van der Waals surface area contributed by atoms with Crippen LogP contribution in [0.4, 0.5) is 0 Å². The summed E-state index contributed by atoms with van der Waals surface area (Å²) in [5.74, 6) is -5.08. The van der Waals surface area contributed by atoms with E-state index in [1.807, 2.05) is 0 Å². The topological polar surface area (TPSA) is 221 Å². The highest BCUT2D eigenvalue weighted by molar-refractivity contribution is 5.65. The molecular formula is C30H26O12. The van der Waals surface area contributed by atoms with Gasteiger partial charge in [-0.25, -0.2) is 0 Å². The molecule has 6 rings (SSSR count). The molecule has 0 radical (unpaired) electrons. The number of ether oxygens (including phenoxy) is 2. The van der Waals surface area contributed by atoms with Gasteiger partial charge < -0.3 is 60.5 Å². The molecule has 0 saturated carbocycles. The van der Waals surface area contributed by atoms with Crippen molar-refractivity contribution < 1.29 is 60.5 Å². The lowest BCUT2D eigenvalue weighted by Crippen LogP contribution is -2.36. The molecule has 0 fully saturated rings. The summed E-state index contributed by atoms with van der Waals surface area (Å²) in [5.41, 5.74) is 0.435. The summed E-state index contributed by atoms with van der Waals surface area (Å²) in [7, 11) is 0. The van der Waals surface area contributed by atoms with Crippen molar-refractivity contribution >= 4 is 0 Å². The fraction of sp³-hybridized carbons (Fsp3) is 0.200. The molecule has 4 aromatic rings. The van der Waals surface area contributed by atoms with Gasteiger partial charge in [-0.1, -0.05) is 12.1 Å². The van der Waals surface area contributed by atoms with Gasteiger partial charge in [-0.3, -0.25) is 0 Å². The Bertz CT molecular complexity index is 1720. The average molecular weight is 579 g/mol. The van der Waals surface area contributed by atoms with Crippen LogP contribution in [0.25, 0.3) is 0 Å². The van der Waals surface area contributed by atoms with Crippen molar-refractivity contribution in [1.29, 1.82) is 0 Å². The smallest absolute Gasteiger partial charge is 0.157 e. The zero-order chi connectivity index (χ0) is 30.0. The second-order valence-corrected chi connectivity index (χ2v) is 10.3. The van der Waals surface area contributed by atoms with Crippen LogP contribution in [0.15, 0.2) is 54.6 Å². The van der Waals surface area contributed by atoms with Gasteiger partial charge in [-0.2, -0.15) is 0 Å². The summed E-state index contributed by atoms with van der Waals surface area (Å²) in [4.78, 5) is 0. The molecule has 0 amide bonds. The first kappa shape index (κ1) is 27.0. The van der Waals surface area contributed by atoms with Crippen LogP contribution < -0.4 is 9.47 Å². The molecule has 2 aliphatic heterocycles. The second kappa shape index (κ2) is 9.72. The van der Waals surface area contributed by atoms with E-state index >= 15 is 0 Å². The summed E-state index contributed by atoms with van der Waals surface area (Å²) < 4.78 is 12.1. The number of fused-ring (bicyclic) bond motifs is 2. The zero-order valence-electron chi connectivity index (χ0n) is 21.6. The number of rotatable bonds is 3. The van der Waals surface area contributed by atoms with Crippen LogP contribution in [-0.2, 0) is 6.42 Å². The van der Waals surface area contributed by atoms with Crippen LogP contribution in [0.1, 0.15) is 45.9 Å². The minimum Gasteiger partial charge on any atom is -0.508 e. The molecule has 10 N–H and O–H groups in total. The first-order chi connectivity index (χ1) is 19.9. The summed E-state index contributed by atoms with van der Waals surface area (Å²) in [6, 6.07) is 10.8. The fourth-order valence-electron chi connectivity index (χ4n) is 5.71. The number of hydrogen-bond donors (Lipinski definition) is 10. The molecule has 0 unspecified atom stereocenters. The molecule has 42 heavy (non-hydrogen) atoms. The molecule has 12 heteroatoms. The van der Waals surface area contributed by atoms with Crippen LogP contribution >= 0.6 is 0 Å². The standard InChI is InChI=1S/C30H26O12/c31-13-7-20(37)24-23(8-13)41-29(12-2-4-16(33)19(36)6-12)27(40)26(24)25-21(38)10-17(34)14-9-22(39)28(42-30(14)25)11-1-3-15(32)18(35)5-11/h1-8,10,22,26-29,31-40H,9H2/t22-,26+,27-,28+,29+/m0/s1. The van der Waals surface area contributed by atoms with Crippen molar-refractivity contribution in [3.8, 4) is 57.5 Å². The lowest BCUT2D eigenvalue weighted by atomic mass is 9.77. The van der Waals surface area contributed by atoms with E-state index in [0.717, 1.165) is 12.1 Å². The van der Waals surface area contributed by atoms with Crippen molar-refractivity contribution in [1.82, 2.24) is 0 Å². The quantitative estimate of drug-likeness (QED) is 0.159. The SMILES string of the molecule is Oc1cc(O)c2c(c1)O[C@H](c1ccc(O)c(O)c1)[C@@H](O)[C@H]2c1c(O)cc(O)c2c1O[C@H](c1ccc(O)c(O)c1)[C@@H](O)C2. The summed E-state index contributed by atoms with van der Waals surface area (Å²) in [5, 5.41) is 105. The highest BCUT2D eigenvalue weighted by Crippen LogP contribution is 2.57. The maximum absolute atomic E-state index is 11.8. The number of aliphatic hydroxyl groups is 2. The van der Waals surface area contributed by atoms with Gasteiger partial charge >= 0.3 is 0 Å². The molecule has 0 aliphatic carbocycles. The van der Waals surface area contributed by atoms with Crippen LogP contribution in [-0.4, -0.2) is 63.3 Å². The van der Waals surface area contributed by atoms with E-state index in [2.05, 4.69) is 0 Å². The number of aliphatic hydroxyl groups excluding tert-OH is 2. The Morgan fingerprint density at radius 1 is 0.548 bits per heavy atom. The van der Waals surface area contributed by atoms with Crippen LogP contribution in [0, 0.1) is 0 Å². The lowest BCUT2D eigenvalue weighted by molar-refractivity contribution is 0.00115. The summed E-state index contributed by atoms with van der Waals surface area (Å²) >= 11 is 0. The number of hydrogen-bond acceptors (Lipinski definition) is 12. The Morgan fingerprint density at radius 3 is 1.76 bits per heavy atom. The van der Waals surface area contributed by atoms with Crippen molar-refractivity contribution in [3.63, 3.8) is 0 Å². The zero-order valence-corrected chi connectivity index (χ0v) is 21.6. The molecular weight excluding hydrogens is 552 g/mol. The van der Waals surface area contributed by atoms with Crippen LogP contribution in [0.3, 0.4) is 0 Å². The molecule has 2 heterocycles. The third-order valence-electron chi connectivity index (χ3n) is 7.67. The minimum atomic E-state index is -1.59. The van der Waals surface area contributed by atoms with Crippen LogP contribution in [0.2, 0.25) is 0 Å². The van der Waals surface area contributed by atoms with E-state index in [9.17, 15) is 51.1 Å². The number of phenols is 8. The predicted molar refractivity (Wildman–Crippen MR) is 143 cm³/mol. The summed E-state index contributed by atoms with van der Waals surface area (Å²) in [6.45, 7) is 0. The molecule has 4 aromatic carbocycles. The Kier molecular flexibility index (Phi) is 6.24. The fourth-order valence-corrected chi connectivity index (χ4v) is 5.71. The summed E-state index contributed by atoms with van der Waals surface area (Å²) in [6.07, 6.45) is -5.43. The normalized spacial score (nSPS) is 22.9. The molecule has 0 bridgehead atoms. The third-order valence-corrected chi connectivity index (χ3v) is 7.67. The van der Waals surface area contributed by atoms with Gasteiger partial charge in [0.15, 0.2) is 29.1 Å². The molecule has 218 valence electrons. The van der Waals surface area contributed by atoms with E-state index in [1.165, 1.54) is 42.5 Å². The third kappa shape index (κ3) is 4.24. The maximum atomic E-state index is 11.8. The molecule has 5 atom stereocenters. The van der Waals surface area contributed by atoms with E-state index in [1.54, 1.807) is 0 Å². The van der Waals surface area contributed by atoms with E-state index < -0.39 is 70.6 Å². The first-order valence-corrected chi connectivity index (χ1v) is 12.8. The largest absolute Gasteiger partial charge is 0.508 e. The van der Waals surface area contributed by atoms with Gasteiger partial charge in [-0.05, 0) is 35.4 Å². The lowest BCUT2D eigenvalue weighted by Gasteiger charge is -2.40. The van der Waals surface area contributed by atoms with Crippen LogP contribution in [0.5, 0.6) is 57.5 Å². The van der Waals surface area contributed by atoms with Crippen molar-refractivity contribution in [2.75, 3.05) is 0 Å². The average Bonchev–Trinajstić information content (AvgIpc) is 2.93. The van der Waals surface area contributed by atoms with Gasteiger partial charge in [0.05, 0.1) is 12.0 Å². The number of phenolic OH excluding ortho intramolecular Hbond substituents is 8. The van der Waals surface area contributed by atoms with Crippen molar-refractivity contribution in [2.24, 2.45) is 0 Å². The highest BCUT2D eigenvalue weighted by atomic mass is 16.5. The van der Waals surface area contributed by atoms with E-state index in [0.29, 0.717) is 0 Å². The Balaban J connectivity index is 1.55.